The molecule has 0 aliphatic carbocycles. The van der Waals surface area contributed by atoms with Crippen molar-refractivity contribution in [3.63, 3.8) is 0 Å². The van der Waals surface area contributed by atoms with Gasteiger partial charge >= 0.3 is 6.09 Å². The first-order chi connectivity index (χ1) is 17.0. The van der Waals surface area contributed by atoms with E-state index in [1.807, 2.05) is 54.6 Å². The molecule has 0 aromatic heterocycles. The molecule has 0 radical (unpaired) electrons. The van der Waals surface area contributed by atoms with Gasteiger partial charge in [-0.3, -0.25) is 9.69 Å². The van der Waals surface area contributed by atoms with Gasteiger partial charge in [-0.1, -0.05) is 78.3 Å². The van der Waals surface area contributed by atoms with Crippen LogP contribution in [-0.2, 0) is 35.6 Å². The summed E-state index contributed by atoms with van der Waals surface area (Å²) in [4.78, 5) is 28.2. The Balaban J connectivity index is 1.53. The highest BCUT2D eigenvalue weighted by molar-refractivity contribution is 6.30. The van der Waals surface area contributed by atoms with Crippen molar-refractivity contribution < 1.29 is 14.3 Å². The minimum atomic E-state index is -0.806. The molecule has 1 aliphatic rings. The second-order valence-corrected chi connectivity index (χ2v) is 8.74. The number of amides is 2. The molecule has 0 saturated heterocycles. The van der Waals surface area contributed by atoms with Gasteiger partial charge in [0.1, 0.15) is 12.6 Å². The lowest BCUT2D eigenvalue weighted by Crippen LogP contribution is -2.55. The monoisotopic (exact) mass is 488 g/mol. The summed E-state index contributed by atoms with van der Waals surface area (Å²) in [6.45, 7) is 0.547. The molecule has 0 bridgehead atoms. The van der Waals surface area contributed by atoms with Crippen LogP contribution >= 0.6 is 11.6 Å². The Labute approximate surface area is 209 Å². The highest BCUT2D eigenvalue weighted by Gasteiger charge is 2.38. The molecule has 0 fully saturated rings. The number of benzene rings is 3. The zero-order valence-electron chi connectivity index (χ0n) is 19.3. The predicted molar refractivity (Wildman–Crippen MR) is 131 cm³/mol. The van der Waals surface area contributed by atoms with Crippen LogP contribution < -0.4 is 0 Å². The van der Waals surface area contributed by atoms with E-state index < -0.39 is 12.1 Å². The van der Waals surface area contributed by atoms with Gasteiger partial charge in [0.25, 0.3) is 5.91 Å². The number of ether oxygens (including phenoxy) is 1. The molecule has 178 valence electrons. The smallest absolute Gasteiger partial charge is 0.411 e. The molecule has 1 heterocycles. The van der Waals surface area contributed by atoms with Crippen LogP contribution in [-0.4, -0.2) is 40.0 Å². The lowest BCUT2D eigenvalue weighted by molar-refractivity contribution is -0.147. The maximum absolute atomic E-state index is 13.6. The molecule has 35 heavy (non-hydrogen) atoms. The summed E-state index contributed by atoms with van der Waals surface area (Å²) < 4.78 is 5.56. The SMILES string of the molecule is CN(C(=O)[C@@H]1Cc2ccccc2CN1C(=O)OCc1ccccc1)N(C#N)Cc1ccc(Cl)cc1. The predicted octanol–water partition coefficient (Wildman–Crippen LogP) is 4.76. The Morgan fingerprint density at radius 3 is 2.34 bits per heavy atom. The molecule has 0 spiro atoms. The summed E-state index contributed by atoms with van der Waals surface area (Å²) in [5.74, 6) is -0.369. The summed E-state index contributed by atoms with van der Waals surface area (Å²) in [6.07, 6.45) is 1.83. The lowest BCUT2D eigenvalue weighted by atomic mass is 9.94. The number of fused-ring (bicyclic) bond motifs is 1. The standard InChI is InChI=1S/C27H25ClN4O3/c1-30(31(19-29)16-20-11-13-24(28)14-12-20)26(33)25-15-22-9-5-6-10-23(22)17-32(25)27(34)35-18-21-7-3-2-4-8-21/h2-14,25H,15-18H2,1H3/t25-/m0/s1. The van der Waals surface area contributed by atoms with Crippen LogP contribution in [0.25, 0.3) is 0 Å². The summed E-state index contributed by atoms with van der Waals surface area (Å²) in [5, 5.41) is 12.9. The molecule has 0 unspecified atom stereocenters. The lowest BCUT2D eigenvalue weighted by Gasteiger charge is -2.38. The van der Waals surface area contributed by atoms with E-state index in [2.05, 4.69) is 6.19 Å². The first-order valence-electron chi connectivity index (χ1n) is 11.2. The maximum atomic E-state index is 13.6. The van der Waals surface area contributed by atoms with Gasteiger partial charge in [0.2, 0.25) is 0 Å². The van der Waals surface area contributed by atoms with E-state index in [1.54, 1.807) is 24.3 Å². The van der Waals surface area contributed by atoms with Gasteiger partial charge in [0.05, 0.1) is 13.1 Å². The number of carbonyl (C=O) groups is 2. The number of hydrazine groups is 1. The number of hydrogen-bond donors (Lipinski definition) is 0. The largest absolute Gasteiger partial charge is 0.445 e. The van der Waals surface area contributed by atoms with E-state index in [4.69, 9.17) is 16.3 Å². The molecule has 7 nitrogen and oxygen atoms in total. The second-order valence-electron chi connectivity index (χ2n) is 8.30. The molecular weight excluding hydrogens is 464 g/mol. The van der Waals surface area contributed by atoms with Gasteiger partial charge in [-0.2, -0.15) is 5.26 Å². The molecule has 3 aromatic carbocycles. The molecule has 1 aliphatic heterocycles. The highest BCUT2D eigenvalue weighted by Crippen LogP contribution is 2.26. The Morgan fingerprint density at radius 1 is 1.00 bits per heavy atom. The summed E-state index contributed by atoms with van der Waals surface area (Å²) >= 11 is 5.96. The van der Waals surface area contributed by atoms with Gasteiger partial charge in [-0.25, -0.2) is 14.8 Å². The Morgan fingerprint density at radius 2 is 1.66 bits per heavy atom. The topological polar surface area (TPSA) is 76.9 Å². The van der Waals surface area contributed by atoms with Crippen molar-refractivity contribution in [3.8, 4) is 6.19 Å². The van der Waals surface area contributed by atoms with Gasteiger partial charge in [-0.15, -0.1) is 0 Å². The van der Waals surface area contributed by atoms with E-state index in [0.717, 1.165) is 22.3 Å². The summed E-state index contributed by atoms with van der Waals surface area (Å²) in [7, 11) is 1.54. The van der Waals surface area contributed by atoms with Crippen LogP contribution in [0.1, 0.15) is 22.3 Å². The molecule has 8 heteroatoms. The Bertz CT molecular complexity index is 1230. The number of rotatable bonds is 6. The van der Waals surface area contributed by atoms with E-state index in [-0.39, 0.29) is 25.6 Å². The first kappa shape index (κ1) is 24.1. The van der Waals surface area contributed by atoms with Gasteiger partial charge in [0, 0.05) is 18.5 Å². The third-order valence-electron chi connectivity index (χ3n) is 6.02. The van der Waals surface area contributed by atoms with Crippen LogP contribution in [0.4, 0.5) is 4.79 Å². The number of likely N-dealkylation sites (N-methyl/N-ethyl adjacent to an activating group) is 1. The molecule has 4 rings (SSSR count). The van der Waals surface area contributed by atoms with Gasteiger partial charge in [-0.05, 0) is 34.4 Å². The van der Waals surface area contributed by atoms with Crippen molar-refractivity contribution in [3.05, 3.63) is 106 Å². The van der Waals surface area contributed by atoms with Crippen molar-refractivity contribution in [2.75, 3.05) is 7.05 Å². The zero-order valence-corrected chi connectivity index (χ0v) is 20.1. The molecule has 3 aromatic rings. The minimum Gasteiger partial charge on any atom is -0.445 e. The highest BCUT2D eigenvalue weighted by atomic mass is 35.5. The van der Waals surface area contributed by atoms with Crippen molar-refractivity contribution >= 4 is 23.6 Å². The van der Waals surface area contributed by atoms with E-state index in [1.165, 1.54) is 22.0 Å². The third-order valence-corrected chi connectivity index (χ3v) is 6.27. The molecule has 0 saturated carbocycles. The Kier molecular flexibility index (Phi) is 7.54. The van der Waals surface area contributed by atoms with Crippen LogP contribution in [0.15, 0.2) is 78.9 Å². The fraction of sp³-hybridized carbons (Fsp3) is 0.222. The van der Waals surface area contributed by atoms with Gasteiger partial charge < -0.3 is 4.74 Å². The van der Waals surface area contributed by atoms with Crippen LogP contribution in [0.3, 0.4) is 0 Å². The Hall–Kier alpha value is -4.02. The fourth-order valence-electron chi connectivity index (χ4n) is 4.04. The fourth-order valence-corrected chi connectivity index (χ4v) is 4.17. The van der Waals surface area contributed by atoms with Crippen molar-refractivity contribution in [2.45, 2.75) is 32.2 Å². The molecule has 0 N–H and O–H groups in total. The molecule has 1 atom stereocenters. The maximum Gasteiger partial charge on any atom is 0.411 e. The van der Waals surface area contributed by atoms with Crippen LogP contribution in [0.2, 0.25) is 5.02 Å². The second kappa shape index (κ2) is 10.9. The van der Waals surface area contributed by atoms with Crippen molar-refractivity contribution in [2.24, 2.45) is 0 Å². The van der Waals surface area contributed by atoms with Crippen molar-refractivity contribution in [1.82, 2.24) is 14.9 Å². The number of carbonyl (C=O) groups excluding carboxylic acids is 2. The third kappa shape index (κ3) is 5.73. The average molecular weight is 489 g/mol. The minimum absolute atomic E-state index is 0.107. The zero-order chi connectivity index (χ0) is 24.8. The molecule has 2 amide bonds. The summed E-state index contributed by atoms with van der Waals surface area (Å²) in [5.41, 5.74) is 3.64. The number of halogens is 1. The normalized spacial score (nSPS) is 14.4. The van der Waals surface area contributed by atoms with E-state index in [9.17, 15) is 14.9 Å². The number of nitriles is 1. The quantitative estimate of drug-likeness (QED) is 0.284. The first-order valence-corrected chi connectivity index (χ1v) is 11.6. The van der Waals surface area contributed by atoms with Gasteiger partial charge in [0.15, 0.2) is 6.19 Å². The number of nitrogens with zero attached hydrogens (tertiary/aromatic N) is 4. The van der Waals surface area contributed by atoms with Crippen molar-refractivity contribution in [1.29, 1.82) is 5.26 Å². The molecular formula is C27H25ClN4O3. The summed E-state index contributed by atoms with van der Waals surface area (Å²) in [6, 6.07) is 23.4. The van der Waals surface area contributed by atoms with Crippen LogP contribution in [0.5, 0.6) is 0 Å². The van der Waals surface area contributed by atoms with Crippen LogP contribution in [0, 0.1) is 11.5 Å². The average Bonchev–Trinajstić information content (AvgIpc) is 2.90. The van der Waals surface area contributed by atoms with E-state index in [0.29, 0.717) is 11.4 Å². The number of hydrogen-bond acceptors (Lipinski definition) is 5. The van der Waals surface area contributed by atoms with E-state index >= 15 is 0 Å².